The predicted molar refractivity (Wildman–Crippen MR) is 177 cm³/mol. The molecule has 1 N–H and O–H groups in total. The fourth-order valence-corrected chi connectivity index (χ4v) is 7.62. The van der Waals surface area contributed by atoms with Gasteiger partial charge in [0.05, 0.1) is 36.4 Å². The van der Waals surface area contributed by atoms with Crippen molar-refractivity contribution in [2.45, 2.75) is 143 Å². The van der Waals surface area contributed by atoms with Crippen molar-refractivity contribution in [1.29, 1.82) is 0 Å². The minimum Gasteiger partial charge on any atom is -0.456 e. The number of hydrogen-bond acceptors (Lipinski definition) is 10. The van der Waals surface area contributed by atoms with Crippen molar-refractivity contribution < 1.29 is 42.7 Å². The van der Waals surface area contributed by atoms with Crippen LogP contribution in [0.25, 0.3) is 0 Å². The number of hydrogen-bond donors (Lipinski definition) is 1. The van der Waals surface area contributed by atoms with Crippen LogP contribution in [0.3, 0.4) is 0 Å². The second-order valence-electron chi connectivity index (χ2n) is 16.2. The summed E-state index contributed by atoms with van der Waals surface area (Å²) in [6.45, 7) is 22.3. The Hall–Kier alpha value is -1.92. The fraction of sp³-hybridized carbons (Fsp3) is 0.889. The molecule has 4 aliphatic heterocycles. The van der Waals surface area contributed by atoms with Crippen LogP contribution in [0.15, 0.2) is 11.3 Å². The summed E-state index contributed by atoms with van der Waals surface area (Å²) in [6, 6.07) is 0.0808. The normalized spacial score (nSPS) is 36.6. The molecule has 0 saturated carbocycles. The van der Waals surface area contributed by atoms with E-state index in [0.29, 0.717) is 49.3 Å². The zero-order chi connectivity index (χ0) is 34.7. The lowest BCUT2D eigenvalue weighted by Crippen LogP contribution is -2.54. The number of nitrogens with zero attached hydrogens (tertiary/aromatic N) is 1. The van der Waals surface area contributed by atoms with Gasteiger partial charge in [0, 0.05) is 46.5 Å². The highest BCUT2D eigenvalue weighted by Crippen LogP contribution is 2.41. The number of carbonyl (C=O) groups is 2. The second kappa shape index (κ2) is 15.3. The van der Waals surface area contributed by atoms with Crippen LogP contribution < -0.4 is 5.32 Å². The summed E-state index contributed by atoms with van der Waals surface area (Å²) >= 11 is 0. The van der Waals surface area contributed by atoms with Crippen molar-refractivity contribution in [3.63, 3.8) is 0 Å². The predicted octanol–water partition coefficient (Wildman–Crippen LogP) is 5.80. The highest BCUT2D eigenvalue weighted by Gasteiger charge is 2.49. The van der Waals surface area contributed by atoms with E-state index < -0.39 is 41.3 Å². The van der Waals surface area contributed by atoms with E-state index in [1.165, 1.54) is 0 Å². The number of piperidine rings is 1. The molecule has 1 amide bonds. The number of amides is 1. The fourth-order valence-electron chi connectivity index (χ4n) is 7.62. The van der Waals surface area contributed by atoms with Gasteiger partial charge >= 0.3 is 12.1 Å². The van der Waals surface area contributed by atoms with E-state index in [1.807, 2.05) is 25.7 Å². The first-order valence-corrected chi connectivity index (χ1v) is 17.7. The minimum absolute atomic E-state index is 0.0707. The van der Waals surface area contributed by atoms with E-state index in [0.717, 1.165) is 32.2 Å². The lowest BCUT2D eigenvalue weighted by molar-refractivity contribution is -0.272. The molecule has 11 nitrogen and oxygen atoms in total. The van der Waals surface area contributed by atoms with Crippen LogP contribution in [0.1, 0.15) is 101 Å². The van der Waals surface area contributed by atoms with Crippen LogP contribution in [0.4, 0.5) is 4.79 Å². The Balaban J connectivity index is 1.62. The third-order valence-electron chi connectivity index (χ3n) is 9.99. The maximum absolute atomic E-state index is 13.1. The zero-order valence-corrected chi connectivity index (χ0v) is 30.8. The average molecular weight is 667 g/mol. The van der Waals surface area contributed by atoms with Crippen LogP contribution in [-0.4, -0.2) is 98.4 Å². The lowest BCUT2D eigenvalue weighted by Gasteiger charge is -2.46. The number of carbonyl (C=O) groups excluding carboxylic acids is 2. The summed E-state index contributed by atoms with van der Waals surface area (Å²) in [4.78, 5) is 27.7. The van der Waals surface area contributed by atoms with Gasteiger partial charge in [-0.2, -0.15) is 0 Å². The van der Waals surface area contributed by atoms with E-state index in [2.05, 4.69) is 33.0 Å². The first-order chi connectivity index (χ1) is 21.9. The molecule has 0 aromatic heterocycles. The molecule has 0 spiro atoms. The molecule has 3 saturated heterocycles. The van der Waals surface area contributed by atoms with E-state index in [-0.39, 0.29) is 30.8 Å². The summed E-state index contributed by atoms with van der Waals surface area (Å²) in [5.74, 6) is -0.522. The molecule has 1 unspecified atom stereocenters. The van der Waals surface area contributed by atoms with Crippen LogP contribution in [0, 0.1) is 23.7 Å². The molecule has 0 aromatic carbocycles. The van der Waals surface area contributed by atoms with Crippen LogP contribution in [0.5, 0.6) is 0 Å². The third kappa shape index (κ3) is 10.1. The molecule has 11 heteroatoms. The third-order valence-corrected chi connectivity index (χ3v) is 9.99. The molecule has 47 heavy (non-hydrogen) atoms. The number of methoxy groups -OCH3 is 1. The number of esters is 1. The average Bonchev–Trinajstić information content (AvgIpc) is 2.98. The van der Waals surface area contributed by atoms with Gasteiger partial charge in [-0.25, -0.2) is 9.59 Å². The Kier molecular flexibility index (Phi) is 12.3. The van der Waals surface area contributed by atoms with Crippen molar-refractivity contribution in [3.8, 4) is 0 Å². The van der Waals surface area contributed by atoms with E-state index >= 15 is 0 Å². The topological polar surface area (TPSA) is 114 Å². The number of cyclic esters (lactones) is 1. The summed E-state index contributed by atoms with van der Waals surface area (Å²) in [6.07, 6.45) is 2.98. The molecule has 4 rings (SSSR count). The van der Waals surface area contributed by atoms with Gasteiger partial charge in [0.25, 0.3) is 0 Å². The number of likely N-dealkylation sites (tertiary alicyclic amines) is 1. The first-order valence-electron chi connectivity index (χ1n) is 17.7. The lowest BCUT2D eigenvalue weighted by atomic mass is 9.80. The maximum Gasteiger partial charge on any atom is 0.410 e. The summed E-state index contributed by atoms with van der Waals surface area (Å²) in [5, 5.41) is 3.81. The SMILES string of the molecule is CO[C@]1(C)C[C@@H](C)CN[C@H](C2CCN(C(=O)OC(C)(C)C)CC2)COC[C@@H](C2=C(C)C(=O)OC(C)(C)O2)C1O[C@H]1C[C@@H](C)C[C@@H](C)O1. The Morgan fingerprint density at radius 1 is 1.00 bits per heavy atom. The van der Waals surface area contributed by atoms with Crippen LogP contribution in [-0.2, 0) is 38.0 Å². The first kappa shape index (κ1) is 37.9. The van der Waals surface area contributed by atoms with E-state index in [9.17, 15) is 9.59 Å². The van der Waals surface area contributed by atoms with Crippen LogP contribution in [0.2, 0.25) is 0 Å². The number of rotatable bonds is 5. The molecular weight excluding hydrogens is 604 g/mol. The van der Waals surface area contributed by atoms with Crippen LogP contribution >= 0.6 is 0 Å². The van der Waals surface area contributed by atoms with Gasteiger partial charge in [-0.3, -0.25) is 0 Å². The van der Waals surface area contributed by atoms with Crippen molar-refractivity contribution in [2.24, 2.45) is 23.7 Å². The van der Waals surface area contributed by atoms with Gasteiger partial charge in [-0.15, -0.1) is 0 Å². The van der Waals surface area contributed by atoms with Gasteiger partial charge in [0.1, 0.15) is 17.5 Å². The van der Waals surface area contributed by atoms with Gasteiger partial charge in [-0.05, 0) is 91.5 Å². The highest BCUT2D eigenvalue weighted by molar-refractivity contribution is 5.89. The summed E-state index contributed by atoms with van der Waals surface area (Å²) in [5.41, 5.74) is -0.878. The smallest absolute Gasteiger partial charge is 0.410 e. The maximum atomic E-state index is 13.1. The molecule has 270 valence electrons. The van der Waals surface area contributed by atoms with Gasteiger partial charge in [0.15, 0.2) is 6.29 Å². The molecule has 4 aliphatic rings. The largest absolute Gasteiger partial charge is 0.456 e. The Morgan fingerprint density at radius 2 is 1.68 bits per heavy atom. The van der Waals surface area contributed by atoms with E-state index in [1.54, 1.807) is 27.9 Å². The molecule has 0 radical (unpaired) electrons. The Morgan fingerprint density at radius 3 is 2.30 bits per heavy atom. The minimum atomic E-state index is -1.14. The highest BCUT2D eigenvalue weighted by atomic mass is 16.7. The standard InChI is InChI=1S/C36H62N2O9/c1-22-16-24(3)43-29(17-22)44-31-27(30-25(4)32(39)46-35(8,9)45-30)20-42-21-28(37-19-23(2)18-36(31,10)41-11)26-12-14-38(15-13-26)33(40)47-34(5,6)7/h22-24,26-29,31,37H,12-21H2,1-11H3/t22-,23+,24+,27-,28-,29-,31?,36+/m0/s1. The molecule has 4 heterocycles. The van der Waals surface area contributed by atoms with Gasteiger partial charge in [-0.1, -0.05) is 13.8 Å². The molecule has 0 bridgehead atoms. The molecule has 8 atom stereocenters. The molecule has 3 fully saturated rings. The second-order valence-corrected chi connectivity index (χ2v) is 16.2. The Bertz CT molecular complexity index is 1100. The van der Waals surface area contributed by atoms with Crippen molar-refractivity contribution in [3.05, 3.63) is 11.3 Å². The van der Waals surface area contributed by atoms with Gasteiger partial charge < -0.3 is 43.4 Å². The quantitative estimate of drug-likeness (QED) is 0.361. The van der Waals surface area contributed by atoms with E-state index in [4.69, 9.17) is 33.2 Å². The van der Waals surface area contributed by atoms with Gasteiger partial charge in [0.2, 0.25) is 5.79 Å². The summed E-state index contributed by atoms with van der Waals surface area (Å²) in [7, 11) is 1.73. The molecule has 0 aromatic rings. The monoisotopic (exact) mass is 666 g/mol. The number of nitrogens with one attached hydrogen (secondary N) is 1. The number of ether oxygens (including phenoxy) is 7. The molecular formula is C36H62N2O9. The Labute approximate surface area is 282 Å². The molecule has 0 aliphatic carbocycles. The summed E-state index contributed by atoms with van der Waals surface area (Å²) < 4.78 is 43.9. The van der Waals surface area contributed by atoms with Crippen molar-refractivity contribution >= 4 is 12.1 Å². The van der Waals surface area contributed by atoms with Crippen molar-refractivity contribution in [1.82, 2.24) is 10.2 Å². The zero-order valence-electron chi connectivity index (χ0n) is 30.8. The van der Waals surface area contributed by atoms with Crippen molar-refractivity contribution in [2.75, 3.05) is 40.0 Å².